The third-order valence-corrected chi connectivity index (χ3v) is 3.61. The minimum absolute atomic E-state index is 0.0282. The summed E-state index contributed by atoms with van der Waals surface area (Å²) in [7, 11) is 0. The van der Waals surface area contributed by atoms with Crippen molar-refractivity contribution in [1.29, 1.82) is 0 Å². The van der Waals surface area contributed by atoms with Crippen molar-refractivity contribution in [2.75, 3.05) is 0 Å². The first-order valence-corrected chi connectivity index (χ1v) is 7.01. The molecule has 112 valence electrons. The fraction of sp³-hybridized carbons (Fsp3) is 0.308. The quantitative estimate of drug-likeness (QED) is 0.561. The predicted molar refractivity (Wildman–Crippen MR) is 75.0 cm³/mol. The number of allylic oxidation sites excluding steroid dienone is 2. The molecule has 0 aliphatic heterocycles. The van der Waals surface area contributed by atoms with E-state index in [0.717, 1.165) is 0 Å². The van der Waals surface area contributed by atoms with E-state index in [1.54, 1.807) is 18.2 Å². The van der Waals surface area contributed by atoms with E-state index < -0.39 is 29.6 Å². The fourth-order valence-corrected chi connectivity index (χ4v) is 2.39. The van der Waals surface area contributed by atoms with Gasteiger partial charge in [-0.25, -0.2) is 0 Å². The van der Waals surface area contributed by atoms with Gasteiger partial charge in [-0.05, 0) is 40.9 Å². The molecule has 0 aromatic carbocycles. The number of aliphatic carboxylic acids is 1. The Morgan fingerprint density at radius 3 is 2.38 bits per heavy atom. The van der Waals surface area contributed by atoms with E-state index in [-0.39, 0.29) is 5.76 Å². The second-order valence-electron chi connectivity index (χ2n) is 4.54. The second kappa shape index (κ2) is 6.57. The molecule has 21 heavy (non-hydrogen) atoms. The summed E-state index contributed by atoms with van der Waals surface area (Å²) < 4.78 is 5.42. The number of carbonyl (C=O) groups is 3. The number of halogens is 1. The van der Waals surface area contributed by atoms with Gasteiger partial charge in [-0.2, -0.15) is 0 Å². The summed E-state index contributed by atoms with van der Waals surface area (Å²) >= 11 is 3.06. The Morgan fingerprint density at radius 1 is 1.14 bits per heavy atom. The van der Waals surface area contributed by atoms with Crippen molar-refractivity contribution in [3.05, 3.63) is 34.7 Å². The zero-order valence-electron chi connectivity index (χ0n) is 10.8. The lowest BCUT2D eigenvalue weighted by molar-refractivity contribution is -0.147. The van der Waals surface area contributed by atoms with Crippen molar-refractivity contribution in [3.63, 3.8) is 0 Å². The van der Waals surface area contributed by atoms with Gasteiger partial charge in [0.05, 0.1) is 11.8 Å². The third-order valence-electron chi connectivity index (χ3n) is 3.18. The van der Waals surface area contributed by atoms with Crippen molar-refractivity contribution in [2.45, 2.75) is 12.8 Å². The maximum absolute atomic E-state index is 12.0. The van der Waals surface area contributed by atoms with Gasteiger partial charge in [-0.1, -0.05) is 12.2 Å². The van der Waals surface area contributed by atoms with Crippen LogP contribution in [-0.4, -0.2) is 22.9 Å². The van der Waals surface area contributed by atoms with Crippen LogP contribution in [-0.2, 0) is 9.59 Å². The van der Waals surface area contributed by atoms with Gasteiger partial charge in [-0.3, -0.25) is 25.2 Å². The standard InChI is InChI=1S/C13H13BrN2O5/c14-10-6-5-9(21-10)12(18)16-15-11(17)7-3-1-2-4-8(7)13(19)20/h1-2,5-8H,3-4H2,(H,15,17)(H,16,18)(H,19,20)/t7-,8+/m1/s1. The number of rotatable bonds is 3. The molecule has 7 nitrogen and oxygen atoms in total. The van der Waals surface area contributed by atoms with Gasteiger partial charge >= 0.3 is 11.9 Å². The van der Waals surface area contributed by atoms with Crippen LogP contribution in [0, 0.1) is 11.8 Å². The summed E-state index contributed by atoms with van der Waals surface area (Å²) in [5.74, 6) is -3.65. The summed E-state index contributed by atoms with van der Waals surface area (Å²) in [4.78, 5) is 34.8. The van der Waals surface area contributed by atoms with Crippen LogP contribution in [0.1, 0.15) is 23.4 Å². The van der Waals surface area contributed by atoms with Crippen LogP contribution < -0.4 is 10.9 Å². The predicted octanol–water partition coefficient (Wildman–Crippen LogP) is 1.47. The maximum atomic E-state index is 12.0. The molecule has 0 spiro atoms. The SMILES string of the molecule is O=C(NNC(=O)[C@@H]1CC=CC[C@@H]1C(=O)O)c1ccc(Br)o1. The lowest BCUT2D eigenvalue weighted by Gasteiger charge is -2.24. The van der Waals surface area contributed by atoms with Crippen molar-refractivity contribution in [3.8, 4) is 0 Å². The lowest BCUT2D eigenvalue weighted by atomic mass is 9.82. The first-order chi connectivity index (χ1) is 9.99. The lowest BCUT2D eigenvalue weighted by Crippen LogP contribution is -2.47. The molecule has 1 heterocycles. The highest BCUT2D eigenvalue weighted by Crippen LogP contribution is 2.25. The van der Waals surface area contributed by atoms with Gasteiger partial charge in [0.2, 0.25) is 5.91 Å². The number of amides is 2. The average molecular weight is 357 g/mol. The molecule has 0 fully saturated rings. The summed E-state index contributed by atoms with van der Waals surface area (Å²) in [6, 6.07) is 2.98. The molecule has 0 unspecified atom stereocenters. The highest BCUT2D eigenvalue weighted by atomic mass is 79.9. The number of nitrogens with one attached hydrogen (secondary N) is 2. The van der Waals surface area contributed by atoms with Crippen molar-refractivity contribution in [1.82, 2.24) is 10.9 Å². The molecule has 2 atom stereocenters. The number of carboxylic acid groups (broad SMARTS) is 1. The molecule has 8 heteroatoms. The largest absolute Gasteiger partial charge is 0.481 e. The van der Waals surface area contributed by atoms with E-state index in [1.807, 2.05) is 0 Å². The average Bonchev–Trinajstić information content (AvgIpc) is 2.91. The van der Waals surface area contributed by atoms with Crippen molar-refractivity contribution < 1.29 is 23.9 Å². The summed E-state index contributed by atoms with van der Waals surface area (Å²) in [5.41, 5.74) is 4.43. The number of carboxylic acids is 1. The molecule has 1 aromatic rings. The monoisotopic (exact) mass is 356 g/mol. The van der Waals surface area contributed by atoms with Gasteiger partial charge in [0.25, 0.3) is 0 Å². The first-order valence-electron chi connectivity index (χ1n) is 6.22. The van der Waals surface area contributed by atoms with Crippen LogP contribution in [0.4, 0.5) is 0 Å². The number of hydrogen-bond donors (Lipinski definition) is 3. The number of carbonyl (C=O) groups excluding carboxylic acids is 2. The molecular formula is C13H13BrN2O5. The van der Waals surface area contributed by atoms with Crippen LogP contribution in [0.2, 0.25) is 0 Å². The Kier molecular flexibility index (Phi) is 4.79. The molecule has 2 amide bonds. The van der Waals surface area contributed by atoms with Gasteiger partial charge in [0.1, 0.15) is 0 Å². The Bertz CT molecular complexity index is 595. The van der Waals surface area contributed by atoms with Crippen LogP contribution >= 0.6 is 15.9 Å². The Labute approximate surface area is 128 Å². The van der Waals surface area contributed by atoms with Crippen LogP contribution in [0.15, 0.2) is 33.4 Å². The third kappa shape index (κ3) is 3.72. The van der Waals surface area contributed by atoms with Gasteiger partial charge in [0.15, 0.2) is 10.4 Å². The van der Waals surface area contributed by atoms with Gasteiger partial charge < -0.3 is 9.52 Å². The topological polar surface area (TPSA) is 109 Å². The Hall–Kier alpha value is -2.09. The Morgan fingerprint density at radius 2 is 1.81 bits per heavy atom. The minimum Gasteiger partial charge on any atom is -0.481 e. The van der Waals surface area contributed by atoms with Crippen molar-refractivity contribution in [2.24, 2.45) is 11.8 Å². The molecule has 1 aliphatic rings. The van der Waals surface area contributed by atoms with E-state index in [4.69, 9.17) is 9.52 Å². The summed E-state index contributed by atoms with van der Waals surface area (Å²) in [6.45, 7) is 0. The molecule has 2 rings (SSSR count). The van der Waals surface area contributed by atoms with Gasteiger partial charge in [0, 0.05) is 0 Å². The van der Waals surface area contributed by atoms with Crippen LogP contribution in [0.3, 0.4) is 0 Å². The smallest absolute Gasteiger partial charge is 0.307 e. The molecule has 1 aliphatic carbocycles. The highest BCUT2D eigenvalue weighted by molar-refractivity contribution is 9.10. The highest BCUT2D eigenvalue weighted by Gasteiger charge is 2.34. The number of hydrazine groups is 1. The zero-order chi connectivity index (χ0) is 15.4. The van der Waals surface area contributed by atoms with E-state index in [0.29, 0.717) is 17.5 Å². The molecule has 0 saturated carbocycles. The number of hydrogen-bond acceptors (Lipinski definition) is 4. The molecule has 0 saturated heterocycles. The van der Waals surface area contributed by atoms with E-state index in [2.05, 4.69) is 26.8 Å². The molecule has 0 bridgehead atoms. The molecule has 0 radical (unpaired) electrons. The molecular weight excluding hydrogens is 344 g/mol. The van der Waals surface area contributed by atoms with E-state index in [9.17, 15) is 14.4 Å². The molecule has 3 N–H and O–H groups in total. The van der Waals surface area contributed by atoms with E-state index >= 15 is 0 Å². The number of furan rings is 1. The van der Waals surface area contributed by atoms with E-state index in [1.165, 1.54) is 6.07 Å². The summed E-state index contributed by atoms with van der Waals surface area (Å²) in [5, 5.41) is 9.09. The summed E-state index contributed by atoms with van der Waals surface area (Å²) in [6.07, 6.45) is 4.12. The normalized spacial score (nSPS) is 20.8. The second-order valence-corrected chi connectivity index (χ2v) is 5.32. The molecule has 1 aromatic heterocycles. The fourth-order valence-electron chi connectivity index (χ4n) is 2.09. The zero-order valence-corrected chi connectivity index (χ0v) is 12.4. The van der Waals surface area contributed by atoms with Crippen molar-refractivity contribution >= 4 is 33.7 Å². The Balaban J connectivity index is 1.93. The van der Waals surface area contributed by atoms with Gasteiger partial charge in [-0.15, -0.1) is 0 Å². The maximum Gasteiger partial charge on any atom is 0.307 e. The van der Waals surface area contributed by atoms with Crippen LogP contribution in [0.25, 0.3) is 0 Å². The van der Waals surface area contributed by atoms with Crippen LogP contribution in [0.5, 0.6) is 0 Å². The first kappa shape index (κ1) is 15.3. The minimum atomic E-state index is -1.03.